The van der Waals surface area contributed by atoms with Gasteiger partial charge in [-0.05, 0) is 31.0 Å². The standard InChI is InChI=1S/C18H20O4S/c1-13-7-9-16(10-8-13)23(20,21)18-17(19)15(12-22-18)11-14-5-3-2-4-6-14/h2-10,15,17-19H,11-12H2,1H3/t15-,17-,18+/m0/s1. The predicted octanol–water partition coefficient (Wildman–Crippen LogP) is 2.34. The molecule has 23 heavy (non-hydrogen) atoms. The van der Waals surface area contributed by atoms with Crippen LogP contribution >= 0.6 is 0 Å². The molecular weight excluding hydrogens is 312 g/mol. The highest BCUT2D eigenvalue weighted by atomic mass is 32.2. The van der Waals surface area contributed by atoms with E-state index in [2.05, 4.69) is 0 Å². The lowest BCUT2D eigenvalue weighted by Crippen LogP contribution is -2.34. The van der Waals surface area contributed by atoms with Gasteiger partial charge in [-0.1, -0.05) is 48.0 Å². The lowest BCUT2D eigenvalue weighted by Gasteiger charge is -2.18. The van der Waals surface area contributed by atoms with Crippen molar-refractivity contribution in [3.63, 3.8) is 0 Å². The predicted molar refractivity (Wildman–Crippen MR) is 87.7 cm³/mol. The number of rotatable bonds is 4. The molecule has 0 saturated carbocycles. The van der Waals surface area contributed by atoms with Crippen molar-refractivity contribution in [2.75, 3.05) is 6.61 Å². The molecule has 2 aromatic rings. The molecule has 3 rings (SSSR count). The van der Waals surface area contributed by atoms with E-state index in [1.165, 1.54) is 0 Å². The number of aliphatic hydroxyl groups is 1. The van der Waals surface area contributed by atoms with E-state index in [1.807, 2.05) is 37.3 Å². The summed E-state index contributed by atoms with van der Waals surface area (Å²) in [5.41, 5.74) is 0.853. The monoisotopic (exact) mass is 332 g/mol. The highest BCUT2D eigenvalue weighted by molar-refractivity contribution is 7.92. The van der Waals surface area contributed by atoms with Crippen LogP contribution in [0.5, 0.6) is 0 Å². The third kappa shape index (κ3) is 3.32. The molecule has 1 fully saturated rings. The molecule has 0 bridgehead atoms. The molecular formula is C18H20O4S. The molecule has 3 atom stereocenters. The zero-order chi connectivity index (χ0) is 16.4. The van der Waals surface area contributed by atoms with Gasteiger partial charge in [-0.3, -0.25) is 0 Å². The first-order chi connectivity index (χ1) is 11.0. The smallest absolute Gasteiger partial charge is 0.207 e. The maximum atomic E-state index is 12.7. The Morgan fingerprint density at radius 1 is 1.09 bits per heavy atom. The fraction of sp³-hybridized carbons (Fsp3) is 0.333. The maximum Gasteiger partial charge on any atom is 0.207 e. The quantitative estimate of drug-likeness (QED) is 0.933. The van der Waals surface area contributed by atoms with Gasteiger partial charge in [-0.2, -0.15) is 0 Å². The Morgan fingerprint density at radius 2 is 1.74 bits per heavy atom. The fourth-order valence-corrected chi connectivity index (χ4v) is 4.50. The Morgan fingerprint density at radius 3 is 2.39 bits per heavy atom. The summed E-state index contributed by atoms with van der Waals surface area (Å²) in [7, 11) is -3.70. The van der Waals surface area contributed by atoms with E-state index >= 15 is 0 Å². The van der Waals surface area contributed by atoms with E-state index < -0.39 is 21.4 Å². The van der Waals surface area contributed by atoms with E-state index in [0.717, 1.165) is 11.1 Å². The van der Waals surface area contributed by atoms with E-state index in [-0.39, 0.29) is 17.4 Å². The molecule has 4 nitrogen and oxygen atoms in total. The fourth-order valence-electron chi connectivity index (χ4n) is 2.87. The van der Waals surface area contributed by atoms with Gasteiger partial charge < -0.3 is 9.84 Å². The topological polar surface area (TPSA) is 63.6 Å². The Hall–Kier alpha value is -1.69. The number of aliphatic hydroxyl groups excluding tert-OH is 1. The van der Waals surface area contributed by atoms with Gasteiger partial charge in [0.15, 0.2) is 5.44 Å². The van der Waals surface area contributed by atoms with Crippen molar-refractivity contribution >= 4 is 9.84 Å². The van der Waals surface area contributed by atoms with Crippen LogP contribution in [0.3, 0.4) is 0 Å². The van der Waals surface area contributed by atoms with E-state index in [0.29, 0.717) is 6.42 Å². The molecule has 122 valence electrons. The van der Waals surface area contributed by atoms with Crippen LogP contribution in [-0.2, 0) is 21.0 Å². The summed E-state index contributed by atoms with van der Waals surface area (Å²) < 4.78 is 30.8. The second kappa shape index (κ2) is 6.43. The molecule has 0 amide bonds. The van der Waals surface area contributed by atoms with Crippen LogP contribution in [0.1, 0.15) is 11.1 Å². The SMILES string of the molecule is Cc1ccc(S(=O)(=O)[C@H]2OC[C@H](Cc3ccccc3)[C@@H]2O)cc1. The zero-order valence-electron chi connectivity index (χ0n) is 12.9. The third-order valence-corrected chi connectivity index (χ3v) is 6.19. The number of sulfone groups is 1. The Labute approximate surface area is 136 Å². The summed E-state index contributed by atoms with van der Waals surface area (Å²) in [6, 6.07) is 16.3. The second-order valence-corrected chi connectivity index (χ2v) is 8.03. The van der Waals surface area contributed by atoms with E-state index in [9.17, 15) is 13.5 Å². The van der Waals surface area contributed by atoms with Crippen molar-refractivity contribution in [2.24, 2.45) is 5.92 Å². The highest BCUT2D eigenvalue weighted by Gasteiger charge is 2.44. The van der Waals surface area contributed by atoms with E-state index in [4.69, 9.17) is 4.74 Å². The Balaban J connectivity index is 1.78. The van der Waals surface area contributed by atoms with Gasteiger partial charge in [-0.25, -0.2) is 8.42 Å². The van der Waals surface area contributed by atoms with Gasteiger partial charge >= 0.3 is 0 Å². The average Bonchev–Trinajstić information content (AvgIpc) is 2.90. The lowest BCUT2D eigenvalue weighted by atomic mass is 9.97. The zero-order valence-corrected chi connectivity index (χ0v) is 13.7. The molecule has 0 spiro atoms. The molecule has 0 unspecified atom stereocenters. The largest absolute Gasteiger partial charge is 0.389 e. The molecule has 1 heterocycles. The molecule has 1 N–H and O–H groups in total. The number of benzene rings is 2. The number of ether oxygens (including phenoxy) is 1. The Bertz CT molecular complexity index is 753. The van der Waals surface area contributed by atoms with Crippen LogP contribution in [0.25, 0.3) is 0 Å². The molecule has 1 saturated heterocycles. The molecule has 0 radical (unpaired) electrons. The minimum Gasteiger partial charge on any atom is -0.389 e. The number of hydrogen-bond donors (Lipinski definition) is 1. The first-order valence-electron chi connectivity index (χ1n) is 7.62. The van der Waals surface area contributed by atoms with Crippen molar-refractivity contribution in [1.82, 2.24) is 0 Å². The van der Waals surface area contributed by atoms with Crippen LogP contribution in [0.2, 0.25) is 0 Å². The summed E-state index contributed by atoms with van der Waals surface area (Å²) in [6.07, 6.45) is -0.427. The molecule has 1 aliphatic rings. The van der Waals surface area contributed by atoms with Crippen LogP contribution in [-0.4, -0.2) is 31.7 Å². The minimum atomic E-state index is -3.70. The molecule has 2 aromatic carbocycles. The van der Waals surface area contributed by atoms with Crippen LogP contribution in [0, 0.1) is 12.8 Å². The van der Waals surface area contributed by atoms with Gasteiger partial charge in [0.25, 0.3) is 0 Å². The van der Waals surface area contributed by atoms with Crippen molar-refractivity contribution in [1.29, 1.82) is 0 Å². The highest BCUT2D eigenvalue weighted by Crippen LogP contribution is 2.31. The Kier molecular flexibility index (Phi) is 4.53. The molecule has 0 aliphatic carbocycles. The first-order valence-corrected chi connectivity index (χ1v) is 9.17. The van der Waals surface area contributed by atoms with Gasteiger partial charge in [-0.15, -0.1) is 0 Å². The van der Waals surface area contributed by atoms with Crippen molar-refractivity contribution in [3.8, 4) is 0 Å². The van der Waals surface area contributed by atoms with Crippen molar-refractivity contribution < 1.29 is 18.3 Å². The number of aryl methyl sites for hydroxylation is 1. The van der Waals surface area contributed by atoms with Gasteiger partial charge in [0.1, 0.15) is 6.10 Å². The first kappa shape index (κ1) is 16.2. The molecule has 1 aliphatic heterocycles. The summed E-state index contributed by atoms with van der Waals surface area (Å²) in [6.45, 7) is 2.14. The van der Waals surface area contributed by atoms with Gasteiger partial charge in [0.2, 0.25) is 9.84 Å². The lowest BCUT2D eigenvalue weighted by molar-refractivity contribution is 0.0895. The van der Waals surface area contributed by atoms with Crippen LogP contribution in [0.4, 0.5) is 0 Å². The summed E-state index contributed by atoms with van der Waals surface area (Å²) >= 11 is 0. The number of hydrogen-bond acceptors (Lipinski definition) is 4. The summed E-state index contributed by atoms with van der Waals surface area (Å²) in [5, 5.41) is 10.5. The van der Waals surface area contributed by atoms with Crippen LogP contribution in [0.15, 0.2) is 59.5 Å². The van der Waals surface area contributed by atoms with Crippen molar-refractivity contribution in [2.45, 2.75) is 29.8 Å². The maximum absolute atomic E-state index is 12.7. The summed E-state index contributed by atoms with van der Waals surface area (Å²) in [4.78, 5) is 0.188. The van der Waals surface area contributed by atoms with E-state index in [1.54, 1.807) is 24.3 Å². The van der Waals surface area contributed by atoms with Crippen LogP contribution < -0.4 is 0 Å². The molecule has 0 aromatic heterocycles. The van der Waals surface area contributed by atoms with Gasteiger partial charge in [0, 0.05) is 5.92 Å². The average molecular weight is 332 g/mol. The molecule has 5 heteroatoms. The normalized spacial score (nSPS) is 24.7. The summed E-state index contributed by atoms with van der Waals surface area (Å²) in [5.74, 6) is -0.220. The third-order valence-electron chi connectivity index (χ3n) is 4.23. The van der Waals surface area contributed by atoms with Crippen molar-refractivity contribution in [3.05, 3.63) is 65.7 Å². The minimum absolute atomic E-state index is 0.188. The van der Waals surface area contributed by atoms with Gasteiger partial charge in [0.05, 0.1) is 11.5 Å². The second-order valence-electron chi connectivity index (χ2n) is 6.00.